The predicted octanol–water partition coefficient (Wildman–Crippen LogP) is 3.72. The molecule has 0 saturated carbocycles. The van der Waals surface area contributed by atoms with Crippen molar-refractivity contribution >= 4 is 23.4 Å². The van der Waals surface area contributed by atoms with Crippen LogP contribution in [-0.2, 0) is 0 Å². The first-order valence-corrected chi connectivity index (χ1v) is 6.35. The van der Waals surface area contributed by atoms with Crippen LogP contribution in [0.15, 0.2) is 46.2 Å². The Morgan fingerprint density at radius 1 is 1.14 bits per heavy atom. The van der Waals surface area contributed by atoms with Crippen LogP contribution in [0, 0.1) is 21.7 Å². The molecule has 2 aromatic rings. The van der Waals surface area contributed by atoms with Crippen LogP contribution in [0.4, 0.5) is 14.5 Å². The van der Waals surface area contributed by atoms with Crippen molar-refractivity contribution < 1.29 is 23.6 Å². The molecule has 0 aromatic heterocycles. The molecule has 0 spiro atoms. The first-order chi connectivity index (χ1) is 9.88. The lowest BCUT2D eigenvalue weighted by molar-refractivity contribution is -0.384. The summed E-state index contributed by atoms with van der Waals surface area (Å²) < 4.78 is 26.0. The number of benzene rings is 2. The van der Waals surface area contributed by atoms with Gasteiger partial charge >= 0.3 is 5.97 Å². The fourth-order valence-electron chi connectivity index (χ4n) is 1.55. The van der Waals surface area contributed by atoms with E-state index in [2.05, 4.69) is 0 Å². The van der Waals surface area contributed by atoms with Gasteiger partial charge in [0, 0.05) is 21.9 Å². The van der Waals surface area contributed by atoms with Crippen molar-refractivity contribution in [1.29, 1.82) is 0 Å². The Hall–Kier alpha value is -2.48. The van der Waals surface area contributed by atoms with Crippen molar-refractivity contribution in [3.05, 3.63) is 63.7 Å². The van der Waals surface area contributed by atoms with Crippen LogP contribution in [0.1, 0.15) is 10.4 Å². The molecule has 21 heavy (non-hydrogen) atoms. The maximum Gasteiger partial charge on any atom is 0.337 e. The third kappa shape index (κ3) is 3.34. The van der Waals surface area contributed by atoms with Crippen LogP contribution in [0.3, 0.4) is 0 Å². The van der Waals surface area contributed by atoms with E-state index in [4.69, 9.17) is 5.11 Å². The summed E-state index contributed by atoms with van der Waals surface area (Å²) in [6.45, 7) is 0. The van der Waals surface area contributed by atoms with E-state index in [1.54, 1.807) is 0 Å². The zero-order chi connectivity index (χ0) is 15.6. The zero-order valence-electron chi connectivity index (χ0n) is 10.2. The molecule has 0 heterocycles. The minimum absolute atomic E-state index is 0.194. The third-order valence-corrected chi connectivity index (χ3v) is 3.59. The summed E-state index contributed by atoms with van der Waals surface area (Å²) in [4.78, 5) is 21.5. The first-order valence-electron chi connectivity index (χ1n) is 5.53. The summed E-state index contributed by atoms with van der Waals surface area (Å²) in [6, 6.07) is 6.46. The van der Waals surface area contributed by atoms with Gasteiger partial charge in [-0.15, -0.1) is 0 Å². The highest BCUT2D eigenvalue weighted by molar-refractivity contribution is 7.99. The number of halogens is 2. The Morgan fingerprint density at radius 2 is 1.86 bits per heavy atom. The van der Waals surface area contributed by atoms with Crippen LogP contribution in [0.2, 0.25) is 0 Å². The summed E-state index contributed by atoms with van der Waals surface area (Å²) in [6.07, 6.45) is 0. The van der Waals surface area contributed by atoms with Crippen molar-refractivity contribution in [2.24, 2.45) is 0 Å². The Balaban J connectivity index is 2.41. The van der Waals surface area contributed by atoms with Gasteiger partial charge < -0.3 is 5.11 Å². The lowest BCUT2D eigenvalue weighted by Gasteiger charge is -2.06. The van der Waals surface area contributed by atoms with Gasteiger partial charge in [-0.2, -0.15) is 0 Å². The van der Waals surface area contributed by atoms with Gasteiger partial charge in [0.25, 0.3) is 5.69 Å². The second kappa shape index (κ2) is 5.88. The molecule has 5 nitrogen and oxygen atoms in total. The monoisotopic (exact) mass is 311 g/mol. The summed E-state index contributed by atoms with van der Waals surface area (Å²) >= 11 is 0.876. The molecular formula is C13H7F2NO4S. The van der Waals surface area contributed by atoms with Crippen molar-refractivity contribution in [1.82, 2.24) is 0 Å². The number of hydrogen-bond acceptors (Lipinski definition) is 4. The second-order valence-electron chi connectivity index (χ2n) is 3.92. The Kier molecular flexibility index (Phi) is 4.18. The van der Waals surface area contributed by atoms with Crippen LogP contribution in [0.5, 0.6) is 0 Å². The average Bonchev–Trinajstić information content (AvgIpc) is 2.43. The lowest BCUT2D eigenvalue weighted by atomic mass is 10.2. The third-order valence-electron chi connectivity index (χ3n) is 2.52. The minimum Gasteiger partial charge on any atom is -0.478 e. The maximum absolute atomic E-state index is 13.1. The van der Waals surface area contributed by atoms with E-state index in [1.807, 2.05) is 0 Å². The van der Waals surface area contributed by atoms with Crippen LogP contribution in [0.25, 0.3) is 0 Å². The molecule has 8 heteroatoms. The molecule has 2 aromatic carbocycles. The number of carboxylic acids is 1. The zero-order valence-corrected chi connectivity index (χ0v) is 11.1. The number of nitrogens with zero attached hydrogens (tertiary/aromatic N) is 1. The van der Waals surface area contributed by atoms with E-state index in [9.17, 15) is 23.7 Å². The molecule has 0 atom stereocenters. The molecule has 0 aliphatic carbocycles. The largest absolute Gasteiger partial charge is 0.478 e. The van der Waals surface area contributed by atoms with Gasteiger partial charge in [-0.05, 0) is 24.3 Å². The lowest BCUT2D eigenvalue weighted by Crippen LogP contribution is -2.00. The number of nitro benzene ring substituents is 1. The van der Waals surface area contributed by atoms with E-state index < -0.39 is 22.5 Å². The minimum atomic E-state index is -1.34. The fourth-order valence-corrected chi connectivity index (χ4v) is 2.50. The van der Waals surface area contributed by atoms with Gasteiger partial charge in [-0.3, -0.25) is 10.1 Å². The number of nitro groups is 1. The summed E-state index contributed by atoms with van der Waals surface area (Å²) in [5.74, 6) is -3.41. The standard InChI is InChI=1S/C13H7F2NO4S/c14-10-3-2-8(6-11(10)15)21-12-4-1-7(16(19)20)5-9(12)13(17)18/h1-6H,(H,17,18). The highest BCUT2D eigenvalue weighted by Crippen LogP contribution is 2.33. The number of non-ortho nitro benzene ring substituents is 1. The number of carboxylic acid groups (broad SMARTS) is 1. The van der Waals surface area contributed by atoms with E-state index in [0.717, 1.165) is 36.0 Å². The quantitative estimate of drug-likeness (QED) is 0.687. The smallest absolute Gasteiger partial charge is 0.337 e. The van der Waals surface area contributed by atoms with Gasteiger partial charge in [0.15, 0.2) is 11.6 Å². The van der Waals surface area contributed by atoms with Crippen molar-refractivity contribution in [3.8, 4) is 0 Å². The molecule has 0 saturated heterocycles. The number of aromatic carboxylic acids is 1. The van der Waals surface area contributed by atoms with Gasteiger partial charge in [-0.1, -0.05) is 11.8 Å². The second-order valence-corrected chi connectivity index (χ2v) is 5.04. The highest BCUT2D eigenvalue weighted by atomic mass is 32.2. The molecule has 108 valence electrons. The van der Waals surface area contributed by atoms with Crippen molar-refractivity contribution in [3.63, 3.8) is 0 Å². The van der Waals surface area contributed by atoms with E-state index in [0.29, 0.717) is 0 Å². The van der Waals surface area contributed by atoms with Gasteiger partial charge in [0.2, 0.25) is 0 Å². The molecule has 0 aliphatic rings. The molecule has 0 radical (unpaired) electrons. The Bertz CT molecular complexity index is 736. The Morgan fingerprint density at radius 3 is 2.43 bits per heavy atom. The highest BCUT2D eigenvalue weighted by Gasteiger charge is 2.17. The van der Waals surface area contributed by atoms with Gasteiger partial charge in [0.05, 0.1) is 10.5 Å². The van der Waals surface area contributed by atoms with Crippen molar-refractivity contribution in [2.75, 3.05) is 0 Å². The molecule has 0 fully saturated rings. The molecular weight excluding hydrogens is 304 g/mol. The van der Waals surface area contributed by atoms with Crippen molar-refractivity contribution in [2.45, 2.75) is 9.79 Å². The SMILES string of the molecule is O=C(O)c1cc([N+](=O)[O-])ccc1Sc1ccc(F)c(F)c1. The number of carbonyl (C=O) groups is 1. The number of hydrogen-bond donors (Lipinski definition) is 1. The normalized spacial score (nSPS) is 10.4. The van der Waals surface area contributed by atoms with E-state index in [1.165, 1.54) is 12.1 Å². The fraction of sp³-hybridized carbons (Fsp3) is 0. The molecule has 0 bridgehead atoms. The molecule has 2 rings (SSSR count). The molecule has 0 aliphatic heterocycles. The van der Waals surface area contributed by atoms with E-state index >= 15 is 0 Å². The maximum atomic E-state index is 13.1. The Labute approximate surface area is 121 Å². The summed E-state index contributed by atoms with van der Waals surface area (Å²) in [5.41, 5.74) is -0.638. The molecule has 0 unspecified atom stereocenters. The average molecular weight is 311 g/mol. The predicted molar refractivity (Wildman–Crippen MR) is 70.5 cm³/mol. The van der Waals surface area contributed by atoms with Gasteiger partial charge in [-0.25, -0.2) is 13.6 Å². The van der Waals surface area contributed by atoms with E-state index in [-0.39, 0.29) is 21.0 Å². The first kappa shape index (κ1) is 14.9. The van der Waals surface area contributed by atoms with Crippen LogP contribution < -0.4 is 0 Å². The molecule has 0 amide bonds. The topological polar surface area (TPSA) is 80.4 Å². The van der Waals surface area contributed by atoms with Gasteiger partial charge in [0.1, 0.15) is 0 Å². The van der Waals surface area contributed by atoms with Crippen LogP contribution >= 0.6 is 11.8 Å². The number of rotatable bonds is 4. The summed E-state index contributed by atoms with van der Waals surface area (Å²) in [5, 5.41) is 19.7. The van der Waals surface area contributed by atoms with Crippen LogP contribution in [-0.4, -0.2) is 16.0 Å². The summed E-state index contributed by atoms with van der Waals surface area (Å²) in [7, 11) is 0. The molecule has 1 N–H and O–H groups in total.